The third-order valence-corrected chi connectivity index (χ3v) is 5.98. The molecule has 0 aliphatic carbocycles. The molecule has 2 amide bonds. The van der Waals surface area contributed by atoms with Crippen LogP contribution in [0.3, 0.4) is 0 Å². The van der Waals surface area contributed by atoms with E-state index in [1.165, 1.54) is 0 Å². The van der Waals surface area contributed by atoms with E-state index in [4.69, 9.17) is 11.6 Å². The number of para-hydroxylation sites is 1. The highest BCUT2D eigenvalue weighted by Gasteiger charge is 2.26. The van der Waals surface area contributed by atoms with Gasteiger partial charge in [-0.3, -0.25) is 14.5 Å². The average molecular weight is 454 g/mol. The van der Waals surface area contributed by atoms with Gasteiger partial charge in [-0.05, 0) is 49.0 Å². The number of hydrogen-bond acceptors (Lipinski definition) is 4. The summed E-state index contributed by atoms with van der Waals surface area (Å²) in [5.74, 6) is -0.399. The zero-order chi connectivity index (χ0) is 22.2. The van der Waals surface area contributed by atoms with Gasteiger partial charge in [0.25, 0.3) is 0 Å². The van der Waals surface area contributed by atoms with Crippen molar-refractivity contribution in [1.29, 1.82) is 0 Å². The molecule has 0 unspecified atom stereocenters. The molecule has 7 heteroatoms. The number of amides is 2. The number of carbonyl (C=O) groups is 2. The van der Waals surface area contributed by atoms with Gasteiger partial charge >= 0.3 is 0 Å². The lowest BCUT2D eigenvalue weighted by Gasteiger charge is -2.26. The number of likely N-dealkylation sites (N-methyl/N-ethyl adjacent to an activating group) is 2. The summed E-state index contributed by atoms with van der Waals surface area (Å²) >= 11 is 7.56. The van der Waals surface area contributed by atoms with Crippen molar-refractivity contribution in [2.45, 2.75) is 15.8 Å². The fourth-order valence-corrected chi connectivity index (χ4v) is 4.22. The first kappa shape index (κ1) is 22.9. The second-order valence-corrected chi connectivity index (χ2v) is 8.49. The quantitative estimate of drug-likeness (QED) is 0.512. The predicted molar refractivity (Wildman–Crippen MR) is 127 cm³/mol. The first-order valence-corrected chi connectivity index (χ1v) is 11.0. The van der Waals surface area contributed by atoms with Crippen LogP contribution in [0.15, 0.2) is 88.7 Å². The molecule has 0 bridgehead atoms. The molecule has 1 atom stereocenters. The fourth-order valence-electron chi connectivity index (χ4n) is 3.17. The minimum absolute atomic E-state index is 0.0467. The van der Waals surface area contributed by atoms with Gasteiger partial charge < -0.3 is 10.6 Å². The van der Waals surface area contributed by atoms with E-state index in [1.807, 2.05) is 54.6 Å². The van der Waals surface area contributed by atoms with Crippen molar-refractivity contribution in [3.8, 4) is 0 Å². The summed E-state index contributed by atoms with van der Waals surface area (Å²) in [7, 11) is 3.33. The van der Waals surface area contributed by atoms with Crippen molar-refractivity contribution in [3.63, 3.8) is 0 Å². The Hall–Kier alpha value is -2.80. The van der Waals surface area contributed by atoms with Gasteiger partial charge in [0, 0.05) is 21.9 Å². The van der Waals surface area contributed by atoms with E-state index in [1.54, 1.807) is 55.0 Å². The van der Waals surface area contributed by atoms with Gasteiger partial charge in [0.2, 0.25) is 11.8 Å². The Kier molecular flexibility index (Phi) is 8.12. The van der Waals surface area contributed by atoms with Crippen LogP contribution >= 0.6 is 23.4 Å². The van der Waals surface area contributed by atoms with Crippen molar-refractivity contribution in [2.24, 2.45) is 0 Å². The number of rotatable bonds is 8. The molecule has 0 aliphatic rings. The van der Waals surface area contributed by atoms with Crippen molar-refractivity contribution in [1.82, 2.24) is 10.2 Å². The Morgan fingerprint density at radius 1 is 0.968 bits per heavy atom. The van der Waals surface area contributed by atoms with Crippen LogP contribution in [0.1, 0.15) is 11.6 Å². The number of carbonyl (C=O) groups excluding carboxylic acids is 2. The summed E-state index contributed by atoms with van der Waals surface area (Å²) in [6, 6.07) is 24.1. The van der Waals surface area contributed by atoms with Crippen molar-refractivity contribution in [2.75, 3.05) is 26.0 Å². The van der Waals surface area contributed by atoms with E-state index in [2.05, 4.69) is 10.6 Å². The average Bonchev–Trinajstić information content (AvgIpc) is 2.77. The van der Waals surface area contributed by atoms with Crippen LogP contribution in [-0.2, 0) is 9.59 Å². The van der Waals surface area contributed by atoms with Crippen LogP contribution in [0.25, 0.3) is 0 Å². The topological polar surface area (TPSA) is 61.4 Å². The summed E-state index contributed by atoms with van der Waals surface area (Å²) in [5.41, 5.74) is 1.50. The Morgan fingerprint density at radius 2 is 1.61 bits per heavy atom. The summed E-state index contributed by atoms with van der Waals surface area (Å²) in [6.07, 6.45) is 0. The van der Waals surface area contributed by atoms with Crippen molar-refractivity contribution in [3.05, 3.63) is 89.4 Å². The molecule has 3 rings (SSSR count). The highest BCUT2D eigenvalue weighted by molar-refractivity contribution is 7.99. The zero-order valence-electron chi connectivity index (χ0n) is 17.3. The largest absolute Gasteiger partial charge is 0.358 e. The van der Waals surface area contributed by atoms with E-state index in [0.717, 1.165) is 21.0 Å². The lowest BCUT2D eigenvalue weighted by molar-refractivity contribution is -0.126. The number of halogens is 1. The zero-order valence-corrected chi connectivity index (χ0v) is 18.9. The van der Waals surface area contributed by atoms with Gasteiger partial charge in [-0.15, -0.1) is 0 Å². The molecule has 31 heavy (non-hydrogen) atoms. The molecule has 3 aromatic carbocycles. The standard InChI is InChI=1S/C24H24ClN3O2S/c1-26-24(30)23(17-12-14-18(25)15-13-17)28(2)16-22(29)27-20-10-6-7-11-21(20)31-19-8-4-3-5-9-19/h3-15,23H,16H2,1-2H3,(H,26,30)(H,27,29)/t23-/m0/s1. The van der Waals surface area contributed by atoms with Crippen molar-refractivity contribution >= 4 is 40.9 Å². The lowest BCUT2D eigenvalue weighted by atomic mass is 10.0. The number of hydrogen-bond donors (Lipinski definition) is 2. The third kappa shape index (κ3) is 6.34. The van der Waals surface area contributed by atoms with Gasteiger partial charge in [-0.2, -0.15) is 0 Å². The molecule has 0 saturated heterocycles. The predicted octanol–water partition coefficient (Wildman–Crippen LogP) is 4.85. The molecule has 0 fully saturated rings. The Labute approximate surface area is 191 Å². The Bertz CT molecular complexity index is 1030. The summed E-state index contributed by atoms with van der Waals surface area (Å²) in [4.78, 5) is 29.1. The second-order valence-electron chi connectivity index (χ2n) is 6.94. The van der Waals surface area contributed by atoms with Crippen LogP contribution in [0.2, 0.25) is 5.02 Å². The smallest absolute Gasteiger partial charge is 0.241 e. The van der Waals surface area contributed by atoms with E-state index in [0.29, 0.717) is 5.02 Å². The third-order valence-electron chi connectivity index (χ3n) is 4.65. The van der Waals surface area contributed by atoms with Crippen molar-refractivity contribution < 1.29 is 9.59 Å². The minimum atomic E-state index is -0.609. The molecule has 0 spiro atoms. The molecule has 0 aliphatic heterocycles. The normalized spacial score (nSPS) is 11.7. The van der Waals surface area contributed by atoms with E-state index < -0.39 is 6.04 Å². The number of anilines is 1. The van der Waals surface area contributed by atoms with Gasteiger partial charge in [0.05, 0.1) is 12.2 Å². The van der Waals surface area contributed by atoms with E-state index >= 15 is 0 Å². The molecule has 160 valence electrons. The monoisotopic (exact) mass is 453 g/mol. The summed E-state index contributed by atoms with van der Waals surface area (Å²) < 4.78 is 0. The number of nitrogens with one attached hydrogen (secondary N) is 2. The molecular weight excluding hydrogens is 430 g/mol. The maximum atomic E-state index is 12.8. The highest BCUT2D eigenvalue weighted by Crippen LogP contribution is 2.33. The van der Waals surface area contributed by atoms with Gasteiger partial charge in [-0.1, -0.05) is 65.8 Å². The maximum Gasteiger partial charge on any atom is 0.241 e. The Balaban J connectivity index is 1.72. The molecule has 3 aromatic rings. The molecule has 2 N–H and O–H groups in total. The highest BCUT2D eigenvalue weighted by atomic mass is 35.5. The first-order valence-electron chi connectivity index (χ1n) is 9.77. The van der Waals surface area contributed by atoms with E-state index in [-0.39, 0.29) is 18.4 Å². The van der Waals surface area contributed by atoms with Gasteiger partial charge in [-0.25, -0.2) is 0 Å². The SMILES string of the molecule is CNC(=O)[C@H](c1ccc(Cl)cc1)N(C)CC(=O)Nc1ccccc1Sc1ccccc1. The van der Waals surface area contributed by atoms with Crippen LogP contribution < -0.4 is 10.6 Å². The van der Waals surface area contributed by atoms with Gasteiger partial charge in [0.1, 0.15) is 6.04 Å². The molecule has 0 heterocycles. The molecule has 5 nitrogen and oxygen atoms in total. The maximum absolute atomic E-state index is 12.8. The molecule has 0 radical (unpaired) electrons. The second kappa shape index (κ2) is 11.0. The number of nitrogens with zero attached hydrogens (tertiary/aromatic N) is 1. The van der Waals surface area contributed by atoms with Crippen LogP contribution in [0, 0.1) is 0 Å². The van der Waals surface area contributed by atoms with Gasteiger partial charge in [0.15, 0.2) is 0 Å². The van der Waals surface area contributed by atoms with Crippen LogP contribution in [0.4, 0.5) is 5.69 Å². The molecule has 0 aromatic heterocycles. The van der Waals surface area contributed by atoms with Crippen LogP contribution in [-0.4, -0.2) is 37.4 Å². The summed E-state index contributed by atoms with van der Waals surface area (Å²) in [5, 5.41) is 6.24. The molecule has 0 saturated carbocycles. The first-order chi connectivity index (χ1) is 15.0. The minimum Gasteiger partial charge on any atom is -0.358 e. The Morgan fingerprint density at radius 3 is 2.29 bits per heavy atom. The fraction of sp³-hybridized carbons (Fsp3) is 0.167. The van der Waals surface area contributed by atoms with E-state index in [9.17, 15) is 9.59 Å². The lowest BCUT2D eigenvalue weighted by Crippen LogP contribution is -2.40. The molecular formula is C24H24ClN3O2S. The summed E-state index contributed by atoms with van der Waals surface area (Å²) in [6.45, 7) is 0.0467. The number of benzene rings is 3. The van der Waals surface area contributed by atoms with Crippen LogP contribution in [0.5, 0.6) is 0 Å².